The van der Waals surface area contributed by atoms with E-state index in [0.717, 1.165) is 5.56 Å². The van der Waals surface area contributed by atoms with Gasteiger partial charge in [0.05, 0.1) is 11.7 Å². The van der Waals surface area contributed by atoms with Gasteiger partial charge in [-0.15, -0.1) is 0 Å². The van der Waals surface area contributed by atoms with E-state index >= 15 is 0 Å². The number of rotatable bonds is 5. The Morgan fingerprint density at radius 3 is 2.53 bits per heavy atom. The zero-order valence-electron chi connectivity index (χ0n) is 19.7. The van der Waals surface area contributed by atoms with Gasteiger partial charge in [0.15, 0.2) is 0 Å². The van der Waals surface area contributed by atoms with Crippen molar-refractivity contribution in [2.75, 3.05) is 6.61 Å². The van der Waals surface area contributed by atoms with Crippen LogP contribution in [-0.2, 0) is 4.74 Å². The van der Waals surface area contributed by atoms with E-state index in [0.29, 0.717) is 54.7 Å². The molecule has 0 radical (unpaired) electrons. The summed E-state index contributed by atoms with van der Waals surface area (Å²) in [6.07, 6.45) is 6.65. The van der Waals surface area contributed by atoms with Crippen LogP contribution in [0, 0.1) is 5.82 Å². The van der Waals surface area contributed by atoms with Crippen LogP contribution in [-0.4, -0.2) is 39.4 Å². The van der Waals surface area contributed by atoms with Gasteiger partial charge in [-0.3, -0.25) is 9.78 Å². The van der Waals surface area contributed by atoms with E-state index in [1.54, 1.807) is 30.5 Å². The topological polar surface area (TPSA) is 77.0 Å². The molecule has 2 unspecified atom stereocenters. The molecular formula is C27H27F3N4O2. The molecule has 9 heteroatoms. The van der Waals surface area contributed by atoms with E-state index < -0.39 is 12.0 Å². The number of nitrogens with one attached hydrogen (secondary N) is 1. The maximum absolute atomic E-state index is 14.9. The third kappa shape index (κ3) is 5.26. The third-order valence-corrected chi connectivity index (χ3v) is 7.05. The highest BCUT2D eigenvalue weighted by Crippen LogP contribution is 2.45. The van der Waals surface area contributed by atoms with E-state index in [1.165, 1.54) is 24.8 Å². The molecule has 5 rings (SSSR count). The van der Waals surface area contributed by atoms with Crippen LogP contribution >= 0.6 is 0 Å². The van der Waals surface area contributed by atoms with Crippen molar-refractivity contribution < 1.29 is 22.7 Å². The molecule has 2 atom stereocenters. The Bertz CT molecular complexity index is 1210. The summed E-state index contributed by atoms with van der Waals surface area (Å²) in [5.74, 6) is -3.50. The maximum Gasteiger partial charge on any atom is 0.254 e. The quantitative estimate of drug-likeness (QED) is 0.496. The molecule has 0 spiro atoms. The minimum atomic E-state index is -2.67. The Kier molecular flexibility index (Phi) is 7.00. The molecule has 3 heterocycles. The molecule has 1 aliphatic heterocycles. The standard InChI is InChI=1S/C27H27F3N4O2/c28-22-4-2-1-3-20(22)21-7-11-33-25(17-5-9-27(29,30)10-6-17)24(21)23-13-19(8-12-36-23)34-26(35)18-14-31-16-32-15-18/h1-4,7,11,14-17,19,23H,5-6,8-10,12-13H2,(H,34,35). The smallest absolute Gasteiger partial charge is 0.254 e. The molecule has 6 nitrogen and oxygen atoms in total. The number of ether oxygens (including phenoxy) is 1. The molecule has 1 aliphatic carbocycles. The van der Waals surface area contributed by atoms with Crippen LogP contribution in [0.25, 0.3) is 11.1 Å². The van der Waals surface area contributed by atoms with Crippen molar-refractivity contribution in [3.05, 3.63) is 77.9 Å². The summed E-state index contributed by atoms with van der Waals surface area (Å²) >= 11 is 0. The summed E-state index contributed by atoms with van der Waals surface area (Å²) in [5, 5.41) is 3.02. The predicted molar refractivity (Wildman–Crippen MR) is 127 cm³/mol. The first kappa shape index (κ1) is 24.4. The molecule has 0 bridgehead atoms. The van der Waals surface area contributed by atoms with Gasteiger partial charge in [0.2, 0.25) is 5.92 Å². The zero-order valence-corrected chi connectivity index (χ0v) is 19.7. The molecule has 1 N–H and O–H groups in total. The number of carbonyl (C=O) groups is 1. The maximum atomic E-state index is 14.9. The first-order valence-electron chi connectivity index (χ1n) is 12.2. The van der Waals surface area contributed by atoms with Gasteiger partial charge in [0.1, 0.15) is 12.1 Å². The van der Waals surface area contributed by atoms with Crippen molar-refractivity contribution in [3.63, 3.8) is 0 Å². The Hall–Kier alpha value is -3.33. The molecular weight excluding hydrogens is 469 g/mol. The number of hydrogen-bond donors (Lipinski definition) is 1. The number of halogens is 3. The van der Waals surface area contributed by atoms with E-state index in [2.05, 4.69) is 20.3 Å². The molecule has 1 aromatic carbocycles. The fourth-order valence-electron chi connectivity index (χ4n) is 5.20. The van der Waals surface area contributed by atoms with E-state index in [9.17, 15) is 18.0 Å². The van der Waals surface area contributed by atoms with Crippen molar-refractivity contribution in [3.8, 4) is 11.1 Å². The number of alkyl halides is 2. The Balaban J connectivity index is 1.48. The largest absolute Gasteiger partial charge is 0.373 e. The molecule has 2 aromatic heterocycles. The van der Waals surface area contributed by atoms with Crippen molar-refractivity contribution in [1.29, 1.82) is 0 Å². The van der Waals surface area contributed by atoms with Crippen molar-refractivity contribution >= 4 is 5.91 Å². The van der Waals surface area contributed by atoms with Gasteiger partial charge < -0.3 is 10.1 Å². The second kappa shape index (κ2) is 10.3. The predicted octanol–water partition coefficient (Wildman–Crippen LogP) is 5.62. The minimum Gasteiger partial charge on any atom is -0.373 e. The number of benzene rings is 1. The number of hydrogen-bond acceptors (Lipinski definition) is 5. The monoisotopic (exact) mass is 496 g/mol. The Labute approximate surface area is 207 Å². The minimum absolute atomic E-state index is 0.175. The van der Waals surface area contributed by atoms with Crippen molar-refractivity contribution in [2.24, 2.45) is 0 Å². The fourth-order valence-corrected chi connectivity index (χ4v) is 5.20. The summed E-state index contributed by atoms with van der Waals surface area (Å²) in [5.41, 5.74) is 2.81. The summed E-state index contributed by atoms with van der Waals surface area (Å²) in [6, 6.07) is 8.03. The van der Waals surface area contributed by atoms with Crippen molar-refractivity contribution in [2.45, 2.75) is 62.5 Å². The molecule has 1 amide bonds. The van der Waals surface area contributed by atoms with Crippen molar-refractivity contribution in [1.82, 2.24) is 20.3 Å². The van der Waals surface area contributed by atoms with Gasteiger partial charge in [-0.25, -0.2) is 23.1 Å². The van der Waals surface area contributed by atoms with Gasteiger partial charge in [0.25, 0.3) is 5.91 Å². The van der Waals surface area contributed by atoms with E-state index in [1.807, 2.05) is 0 Å². The summed E-state index contributed by atoms with van der Waals surface area (Å²) < 4.78 is 48.9. The van der Waals surface area contributed by atoms with Crippen LogP contribution in [0.4, 0.5) is 13.2 Å². The highest BCUT2D eigenvalue weighted by atomic mass is 19.3. The summed E-state index contributed by atoms with van der Waals surface area (Å²) in [4.78, 5) is 25.1. The molecule has 188 valence electrons. The second-order valence-electron chi connectivity index (χ2n) is 9.45. The summed E-state index contributed by atoms with van der Waals surface area (Å²) in [6.45, 7) is 0.384. The van der Waals surface area contributed by atoms with Crippen LogP contribution in [0.5, 0.6) is 0 Å². The average molecular weight is 497 g/mol. The Morgan fingerprint density at radius 1 is 1.03 bits per heavy atom. The van der Waals surface area contributed by atoms with Gasteiger partial charge in [-0.05, 0) is 43.4 Å². The molecule has 36 heavy (non-hydrogen) atoms. The Morgan fingerprint density at radius 2 is 1.78 bits per heavy atom. The lowest BCUT2D eigenvalue weighted by molar-refractivity contribution is -0.0390. The van der Waals surface area contributed by atoms with Crippen LogP contribution in [0.2, 0.25) is 0 Å². The molecule has 2 aliphatic rings. The van der Waals surface area contributed by atoms with Crippen LogP contribution < -0.4 is 5.32 Å². The van der Waals surface area contributed by atoms with Crippen LogP contribution in [0.15, 0.2) is 55.2 Å². The number of pyridine rings is 1. The van der Waals surface area contributed by atoms with E-state index in [-0.39, 0.29) is 36.5 Å². The third-order valence-electron chi connectivity index (χ3n) is 7.05. The normalized spacial score (nSPS) is 22.2. The fraction of sp³-hybridized carbons (Fsp3) is 0.407. The first-order valence-corrected chi connectivity index (χ1v) is 12.2. The average Bonchev–Trinajstić information content (AvgIpc) is 2.89. The number of amides is 1. The highest BCUT2D eigenvalue weighted by molar-refractivity contribution is 5.93. The van der Waals surface area contributed by atoms with Gasteiger partial charge >= 0.3 is 0 Å². The number of aromatic nitrogens is 3. The number of carbonyl (C=O) groups excluding carboxylic acids is 1. The van der Waals surface area contributed by atoms with Gasteiger partial charge in [-0.2, -0.15) is 0 Å². The lowest BCUT2D eigenvalue weighted by Crippen LogP contribution is -2.40. The summed E-state index contributed by atoms with van der Waals surface area (Å²) in [7, 11) is 0. The lowest BCUT2D eigenvalue weighted by atomic mass is 9.79. The molecule has 1 saturated heterocycles. The van der Waals surface area contributed by atoms with Crippen LogP contribution in [0.3, 0.4) is 0 Å². The first-order chi connectivity index (χ1) is 17.4. The number of nitrogens with zero attached hydrogens (tertiary/aromatic N) is 3. The van der Waals surface area contributed by atoms with E-state index in [4.69, 9.17) is 4.74 Å². The molecule has 1 saturated carbocycles. The van der Waals surface area contributed by atoms with Crippen LogP contribution in [0.1, 0.15) is 72.2 Å². The zero-order chi connectivity index (χ0) is 25.1. The molecule has 3 aromatic rings. The lowest BCUT2D eigenvalue weighted by Gasteiger charge is -2.35. The second-order valence-corrected chi connectivity index (χ2v) is 9.45. The molecule has 2 fully saturated rings. The van der Waals surface area contributed by atoms with Gasteiger partial charge in [0, 0.05) is 66.8 Å². The highest BCUT2D eigenvalue weighted by Gasteiger charge is 2.38. The SMILES string of the molecule is O=C(NC1CCOC(c2c(-c3ccccc3F)ccnc2C2CCC(F)(F)CC2)C1)c1cncnc1. The van der Waals surface area contributed by atoms with Gasteiger partial charge in [-0.1, -0.05) is 18.2 Å².